The Balaban J connectivity index is 1.88. The van der Waals surface area contributed by atoms with E-state index in [0.717, 1.165) is 30.3 Å². The van der Waals surface area contributed by atoms with Gasteiger partial charge in [0.25, 0.3) is 10.1 Å². The number of nitrogen functional groups attached to an aromatic ring is 2. The lowest BCUT2D eigenvalue weighted by molar-refractivity contribution is 0.282. The Morgan fingerprint density at radius 2 is 0.958 bits per heavy atom. The molecule has 0 spiro atoms. The predicted octanol–water partition coefficient (Wildman–Crippen LogP) is 2.11. The molecule has 0 unspecified atom stereocenters. The lowest BCUT2D eigenvalue weighted by atomic mass is 10.2. The highest BCUT2D eigenvalue weighted by Crippen LogP contribution is 2.43. The van der Waals surface area contributed by atoms with Crippen LogP contribution in [0.4, 0.5) is 34.1 Å². The lowest BCUT2D eigenvalue weighted by Crippen LogP contribution is -2.15. The van der Waals surface area contributed by atoms with Crippen molar-refractivity contribution in [2.24, 2.45) is 20.5 Å². The molecular formula is C22H24N6O15S5. The van der Waals surface area contributed by atoms with Gasteiger partial charge in [-0.05, 0) is 54.6 Å². The number of nitrogens with zero attached hydrogens (tertiary/aromatic N) is 4. The van der Waals surface area contributed by atoms with Gasteiger partial charge in [-0.3, -0.25) is 13.7 Å². The average Bonchev–Trinajstić information content (AvgIpc) is 2.95. The van der Waals surface area contributed by atoms with Crippen LogP contribution in [0.2, 0.25) is 0 Å². The molecule has 262 valence electrons. The second kappa shape index (κ2) is 14.6. The largest absolute Gasteiger partial charge is 0.397 e. The lowest BCUT2D eigenvalue weighted by Gasteiger charge is -2.10. The standard InChI is InChI=1S/C22H24N6O15S5/c23-20-18(27-25-14-1-5-16(6-2-14)44(29,30)11-9-42-47(36,37)38)13-19(46(33,34)35)21(24)22(20)28-26-15-3-7-17(8-4-15)45(31,32)12-10-43-48(39,40)41/h1-8,13H,9-12,23-24H2,(H,33,34,35)(H,36,37,38)(H,39,40,41)/b27-25+,28-26+. The Kier molecular flexibility index (Phi) is 11.7. The monoisotopic (exact) mass is 772 g/mol. The van der Waals surface area contributed by atoms with Gasteiger partial charge in [0.2, 0.25) is 0 Å². The Morgan fingerprint density at radius 3 is 1.33 bits per heavy atom. The summed E-state index contributed by atoms with van der Waals surface area (Å²) in [6, 6.07) is 9.85. The molecule has 48 heavy (non-hydrogen) atoms. The van der Waals surface area contributed by atoms with E-state index in [-0.39, 0.29) is 32.5 Å². The van der Waals surface area contributed by atoms with Gasteiger partial charge in [0.1, 0.15) is 16.3 Å². The Bertz CT molecular complexity index is 2290. The molecule has 0 amide bonds. The third-order valence-electron chi connectivity index (χ3n) is 5.70. The van der Waals surface area contributed by atoms with Crippen LogP contribution in [0, 0.1) is 0 Å². The van der Waals surface area contributed by atoms with Crippen LogP contribution in [-0.4, -0.2) is 80.5 Å². The zero-order valence-corrected chi connectivity index (χ0v) is 27.8. The van der Waals surface area contributed by atoms with Crippen molar-refractivity contribution in [2.75, 3.05) is 36.2 Å². The smallest absolute Gasteiger partial charge is 0.396 e. The first-order chi connectivity index (χ1) is 22.0. The average molecular weight is 773 g/mol. The van der Waals surface area contributed by atoms with E-state index in [4.69, 9.17) is 20.6 Å². The maximum Gasteiger partial charge on any atom is 0.397 e. The third kappa shape index (κ3) is 11.0. The maximum atomic E-state index is 12.4. The molecule has 26 heteroatoms. The van der Waals surface area contributed by atoms with Crippen molar-refractivity contribution in [1.82, 2.24) is 0 Å². The van der Waals surface area contributed by atoms with Crippen LogP contribution >= 0.6 is 0 Å². The zero-order valence-electron chi connectivity index (χ0n) is 23.7. The van der Waals surface area contributed by atoms with Gasteiger partial charge in [-0.15, -0.1) is 10.2 Å². The summed E-state index contributed by atoms with van der Waals surface area (Å²) >= 11 is 0. The molecule has 0 bridgehead atoms. The highest BCUT2D eigenvalue weighted by molar-refractivity contribution is 7.91. The van der Waals surface area contributed by atoms with E-state index in [2.05, 4.69) is 28.8 Å². The molecule has 0 aliphatic rings. The topological polar surface area (TPSA) is 351 Å². The molecule has 0 radical (unpaired) electrons. The van der Waals surface area contributed by atoms with Gasteiger partial charge in [0.15, 0.2) is 19.7 Å². The summed E-state index contributed by atoms with van der Waals surface area (Å²) in [7, 11) is -22.8. The number of hydrogen-bond acceptors (Lipinski definition) is 18. The summed E-state index contributed by atoms with van der Waals surface area (Å²) in [5.74, 6) is -1.58. The van der Waals surface area contributed by atoms with E-state index in [1.54, 1.807) is 0 Å². The molecule has 7 N–H and O–H groups in total. The molecule has 0 aliphatic carbocycles. The van der Waals surface area contributed by atoms with Crippen LogP contribution in [-0.2, 0) is 59.0 Å². The molecule has 3 rings (SSSR count). The number of rotatable bonds is 15. The Hall–Kier alpha value is -3.99. The predicted molar refractivity (Wildman–Crippen MR) is 165 cm³/mol. The second-order valence-corrected chi connectivity index (χ2v) is 16.9. The van der Waals surface area contributed by atoms with Gasteiger partial charge < -0.3 is 11.5 Å². The Morgan fingerprint density at radius 1 is 0.562 bits per heavy atom. The minimum absolute atomic E-state index is 0.00182. The van der Waals surface area contributed by atoms with Crippen molar-refractivity contribution in [3.8, 4) is 0 Å². The highest BCUT2D eigenvalue weighted by atomic mass is 32.3. The molecule has 3 aromatic rings. The fourth-order valence-corrected chi connectivity index (χ4v) is 7.07. The fourth-order valence-electron chi connectivity index (χ4n) is 3.46. The van der Waals surface area contributed by atoms with Crippen LogP contribution in [0.25, 0.3) is 0 Å². The van der Waals surface area contributed by atoms with Gasteiger partial charge in [0.05, 0.1) is 57.3 Å². The van der Waals surface area contributed by atoms with Crippen molar-refractivity contribution in [3.63, 3.8) is 0 Å². The minimum Gasteiger partial charge on any atom is -0.396 e. The van der Waals surface area contributed by atoms with Crippen molar-refractivity contribution >= 4 is 84.7 Å². The molecule has 0 saturated heterocycles. The SMILES string of the molecule is Nc1c(/N=N/c2ccc(S(=O)(=O)CCOS(=O)(=O)O)cc2)cc(S(=O)(=O)O)c(N)c1/N=N/c1ccc(S(=O)(=O)CCOS(=O)(=O)O)cc1. The number of hydrogen-bond donors (Lipinski definition) is 5. The van der Waals surface area contributed by atoms with E-state index in [1.165, 1.54) is 24.3 Å². The molecule has 0 aromatic heterocycles. The summed E-state index contributed by atoms with van der Waals surface area (Å²) in [5.41, 5.74) is 10.1. The molecule has 0 aliphatic heterocycles. The fraction of sp³-hybridized carbons (Fsp3) is 0.182. The third-order valence-corrected chi connectivity index (χ3v) is 10.9. The van der Waals surface area contributed by atoms with Crippen molar-refractivity contribution in [2.45, 2.75) is 14.7 Å². The van der Waals surface area contributed by atoms with Crippen LogP contribution in [0.3, 0.4) is 0 Å². The van der Waals surface area contributed by atoms with Gasteiger partial charge in [-0.1, -0.05) is 0 Å². The first kappa shape index (κ1) is 38.5. The molecule has 0 saturated carbocycles. The quantitative estimate of drug-likeness (QED) is 0.0838. The molecule has 0 fully saturated rings. The molecule has 3 aromatic carbocycles. The maximum absolute atomic E-state index is 12.4. The normalized spacial score (nSPS) is 13.4. The van der Waals surface area contributed by atoms with Gasteiger partial charge in [-0.25, -0.2) is 25.2 Å². The summed E-state index contributed by atoms with van der Waals surface area (Å²) in [6.07, 6.45) is 0. The van der Waals surface area contributed by atoms with Crippen molar-refractivity contribution < 1.29 is 64.1 Å². The first-order valence-electron chi connectivity index (χ1n) is 12.4. The van der Waals surface area contributed by atoms with E-state index in [1.807, 2.05) is 0 Å². The van der Waals surface area contributed by atoms with E-state index in [9.17, 15) is 46.6 Å². The van der Waals surface area contributed by atoms with Gasteiger partial charge >= 0.3 is 20.8 Å². The summed E-state index contributed by atoms with van der Waals surface area (Å²) < 4.78 is 151. The summed E-state index contributed by atoms with van der Waals surface area (Å²) in [5, 5.41) is 15.3. The van der Waals surface area contributed by atoms with Gasteiger partial charge in [0, 0.05) is 0 Å². The zero-order chi connectivity index (χ0) is 36.1. The van der Waals surface area contributed by atoms with Crippen LogP contribution in [0.15, 0.2) is 89.7 Å². The second-order valence-electron chi connectivity index (χ2n) is 9.07. The molecule has 21 nitrogen and oxygen atoms in total. The van der Waals surface area contributed by atoms with Crippen molar-refractivity contribution in [1.29, 1.82) is 0 Å². The Labute approximate surface area is 273 Å². The first-order valence-corrected chi connectivity index (χ1v) is 19.9. The number of sulfone groups is 2. The molecule has 0 heterocycles. The number of anilines is 2. The van der Waals surface area contributed by atoms with E-state index in [0.29, 0.717) is 0 Å². The summed E-state index contributed by atoms with van der Waals surface area (Å²) in [4.78, 5) is -1.41. The van der Waals surface area contributed by atoms with Crippen molar-refractivity contribution in [3.05, 3.63) is 54.6 Å². The number of azo groups is 2. The number of benzene rings is 3. The van der Waals surface area contributed by atoms with Crippen LogP contribution in [0.1, 0.15) is 0 Å². The van der Waals surface area contributed by atoms with Crippen LogP contribution in [0.5, 0.6) is 0 Å². The highest BCUT2D eigenvalue weighted by Gasteiger charge is 2.23. The summed E-state index contributed by atoms with van der Waals surface area (Å²) in [6.45, 7) is -1.70. The van der Waals surface area contributed by atoms with Gasteiger partial charge in [-0.2, -0.15) is 35.5 Å². The van der Waals surface area contributed by atoms with E-state index >= 15 is 0 Å². The molecule has 0 atom stereocenters. The van der Waals surface area contributed by atoms with E-state index < -0.39 is 91.6 Å². The number of nitrogens with two attached hydrogens (primary N) is 2. The van der Waals surface area contributed by atoms with Crippen LogP contribution < -0.4 is 11.5 Å². The minimum atomic E-state index is -4.98. The molecular weight excluding hydrogens is 749 g/mol.